The minimum atomic E-state index is -5.01. The average molecular weight is 466 g/mol. The number of fused-ring (bicyclic) bond motifs is 2. The molecule has 0 fully saturated rings. The molecule has 5 aromatic rings. The predicted molar refractivity (Wildman–Crippen MR) is 121 cm³/mol. The lowest BCUT2D eigenvalue weighted by molar-refractivity contribution is -0.247. The zero-order valence-electron chi connectivity index (χ0n) is 17.8. The van der Waals surface area contributed by atoms with Crippen LogP contribution in [0.3, 0.4) is 0 Å². The van der Waals surface area contributed by atoms with Gasteiger partial charge < -0.3 is 9.84 Å². The lowest BCUT2D eigenvalue weighted by atomic mass is 9.82. The van der Waals surface area contributed by atoms with Gasteiger partial charge in [0, 0.05) is 10.9 Å². The standard InChI is InChI=1S/C26H18F4N2O2/c1-34-21-10-11-22-16(14-21)3-2-4-23(22)25(33,26(28,29)30)18-5-12-24-17(13-18)15-31-32(24)20-8-6-19(27)7-9-20/h2-15,33H,1H3. The fourth-order valence-corrected chi connectivity index (χ4v) is 4.22. The molecule has 0 aliphatic heterocycles. The minimum Gasteiger partial charge on any atom is -0.497 e. The molecule has 0 saturated heterocycles. The van der Waals surface area contributed by atoms with Gasteiger partial charge in [-0.2, -0.15) is 18.3 Å². The van der Waals surface area contributed by atoms with Crippen LogP contribution in [0.15, 0.2) is 85.1 Å². The molecule has 172 valence electrons. The molecule has 1 N–H and O–H groups in total. The SMILES string of the molecule is COc1ccc2c(C(O)(c3ccc4c(cnn4-c4ccc(F)cc4)c3)C(F)(F)F)cccc2c1. The predicted octanol–water partition coefficient (Wildman–Crippen LogP) is 6.12. The van der Waals surface area contributed by atoms with Crippen LogP contribution in [0.5, 0.6) is 5.75 Å². The summed E-state index contributed by atoms with van der Waals surface area (Å²) in [4.78, 5) is 0. The molecule has 1 unspecified atom stereocenters. The van der Waals surface area contributed by atoms with E-state index in [1.807, 2.05) is 0 Å². The summed E-state index contributed by atoms with van der Waals surface area (Å²) in [6.07, 6.45) is -3.60. The molecule has 0 saturated carbocycles. The Kier molecular flexibility index (Phi) is 5.06. The van der Waals surface area contributed by atoms with Gasteiger partial charge in [-0.3, -0.25) is 0 Å². The topological polar surface area (TPSA) is 47.3 Å². The fourth-order valence-electron chi connectivity index (χ4n) is 4.22. The maximum atomic E-state index is 14.5. The molecular formula is C26H18F4N2O2. The summed E-state index contributed by atoms with van der Waals surface area (Å²) in [6.45, 7) is 0. The molecule has 34 heavy (non-hydrogen) atoms. The highest BCUT2D eigenvalue weighted by molar-refractivity contribution is 5.89. The van der Waals surface area contributed by atoms with E-state index in [0.29, 0.717) is 27.7 Å². The average Bonchev–Trinajstić information content (AvgIpc) is 3.26. The molecular weight excluding hydrogens is 448 g/mol. The Morgan fingerprint density at radius 3 is 2.35 bits per heavy atom. The van der Waals surface area contributed by atoms with Crippen molar-refractivity contribution in [3.8, 4) is 11.4 Å². The van der Waals surface area contributed by atoms with Crippen molar-refractivity contribution in [3.63, 3.8) is 0 Å². The maximum absolute atomic E-state index is 14.5. The van der Waals surface area contributed by atoms with Crippen LogP contribution >= 0.6 is 0 Å². The number of methoxy groups -OCH3 is 1. The normalized spacial score (nSPS) is 13.8. The van der Waals surface area contributed by atoms with E-state index in [9.17, 15) is 22.7 Å². The molecule has 8 heteroatoms. The van der Waals surface area contributed by atoms with E-state index in [-0.39, 0.29) is 16.5 Å². The number of hydrogen-bond donors (Lipinski definition) is 1. The highest BCUT2D eigenvalue weighted by Crippen LogP contribution is 2.47. The first-order valence-corrected chi connectivity index (χ1v) is 10.3. The van der Waals surface area contributed by atoms with Crippen molar-refractivity contribution in [1.82, 2.24) is 9.78 Å². The van der Waals surface area contributed by atoms with Crippen LogP contribution in [0, 0.1) is 5.82 Å². The highest BCUT2D eigenvalue weighted by atomic mass is 19.4. The molecule has 0 spiro atoms. The van der Waals surface area contributed by atoms with Gasteiger partial charge in [-0.1, -0.05) is 30.3 Å². The van der Waals surface area contributed by atoms with E-state index < -0.39 is 17.6 Å². The third-order valence-corrected chi connectivity index (χ3v) is 5.94. The Labute approximate surface area is 191 Å². The zero-order chi connectivity index (χ0) is 24.1. The Morgan fingerprint density at radius 2 is 1.65 bits per heavy atom. The van der Waals surface area contributed by atoms with Crippen LogP contribution in [0.4, 0.5) is 17.6 Å². The quantitative estimate of drug-likeness (QED) is 0.325. The van der Waals surface area contributed by atoms with Crippen LogP contribution in [0.1, 0.15) is 11.1 Å². The molecule has 5 rings (SSSR count). The van der Waals surface area contributed by atoms with Crippen molar-refractivity contribution in [2.24, 2.45) is 0 Å². The van der Waals surface area contributed by atoms with Crippen molar-refractivity contribution >= 4 is 21.7 Å². The van der Waals surface area contributed by atoms with Gasteiger partial charge in [0.05, 0.1) is 24.5 Å². The van der Waals surface area contributed by atoms with Gasteiger partial charge in [0.1, 0.15) is 11.6 Å². The van der Waals surface area contributed by atoms with E-state index in [0.717, 1.165) is 0 Å². The number of ether oxygens (including phenoxy) is 1. The number of aliphatic hydroxyl groups is 1. The van der Waals surface area contributed by atoms with Crippen LogP contribution in [0.25, 0.3) is 27.4 Å². The Morgan fingerprint density at radius 1 is 0.882 bits per heavy atom. The third-order valence-electron chi connectivity index (χ3n) is 5.94. The van der Waals surface area contributed by atoms with Crippen molar-refractivity contribution in [1.29, 1.82) is 0 Å². The number of alkyl halides is 3. The summed E-state index contributed by atoms with van der Waals surface area (Å²) in [5.74, 6) is 0.0836. The monoisotopic (exact) mass is 466 g/mol. The van der Waals surface area contributed by atoms with E-state index in [4.69, 9.17) is 4.74 Å². The fraction of sp³-hybridized carbons (Fsp3) is 0.115. The zero-order valence-corrected chi connectivity index (χ0v) is 17.8. The van der Waals surface area contributed by atoms with Crippen molar-refractivity contribution in [3.05, 3.63) is 102 Å². The molecule has 0 radical (unpaired) electrons. The van der Waals surface area contributed by atoms with E-state index in [1.165, 1.54) is 78.7 Å². The van der Waals surface area contributed by atoms with Gasteiger partial charge in [-0.25, -0.2) is 9.07 Å². The minimum absolute atomic E-state index is 0.255. The highest BCUT2D eigenvalue weighted by Gasteiger charge is 2.57. The van der Waals surface area contributed by atoms with Gasteiger partial charge in [-0.15, -0.1) is 0 Å². The van der Waals surface area contributed by atoms with Gasteiger partial charge in [0.25, 0.3) is 0 Å². The molecule has 0 aliphatic carbocycles. The molecule has 4 nitrogen and oxygen atoms in total. The summed E-state index contributed by atoms with van der Waals surface area (Å²) in [5, 5.41) is 16.7. The second-order valence-corrected chi connectivity index (χ2v) is 7.91. The number of aromatic nitrogens is 2. The maximum Gasteiger partial charge on any atom is 0.425 e. The summed E-state index contributed by atoms with van der Waals surface area (Å²) in [6, 6.07) is 18.6. The van der Waals surface area contributed by atoms with E-state index >= 15 is 0 Å². The van der Waals surface area contributed by atoms with Crippen molar-refractivity contribution in [2.45, 2.75) is 11.8 Å². The smallest absolute Gasteiger partial charge is 0.425 e. The van der Waals surface area contributed by atoms with Gasteiger partial charge >= 0.3 is 6.18 Å². The molecule has 0 aliphatic rings. The van der Waals surface area contributed by atoms with Gasteiger partial charge in [-0.05, 0) is 64.9 Å². The first kappa shape index (κ1) is 21.9. The number of benzene rings is 4. The molecule has 0 bridgehead atoms. The number of nitrogens with zero attached hydrogens (tertiary/aromatic N) is 2. The molecule has 1 heterocycles. The molecule has 1 aromatic heterocycles. The molecule has 0 amide bonds. The Balaban J connectivity index is 1.70. The van der Waals surface area contributed by atoms with Gasteiger partial charge in [0.15, 0.2) is 0 Å². The lowest BCUT2D eigenvalue weighted by Crippen LogP contribution is -2.43. The van der Waals surface area contributed by atoms with Crippen LogP contribution < -0.4 is 4.74 Å². The molecule has 1 atom stereocenters. The largest absolute Gasteiger partial charge is 0.497 e. The Bertz CT molecular complexity index is 1510. The summed E-state index contributed by atoms with van der Waals surface area (Å²) in [5.41, 5.74) is -2.83. The molecule has 4 aromatic carbocycles. The van der Waals surface area contributed by atoms with Gasteiger partial charge in [0.2, 0.25) is 5.60 Å². The van der Waals surface area contributed by atoms with Crippen molar-refractivity contribution < 1.29 is 27.4 Å². The summed E-state index contributed by atoms with van der Waals surface area (Å²) in [7, 11) is 1.47. The van der Waals surface area contributed by atoms with Crippen LogP contribution in [-0.4, -0.2) is 28.2 Å². The first-order chi connectivity index (χ1) is 16.2. The second-order valence-electron chi connectivity index (χ2n) is 7.91. The first-order valence-electron chi connectivity index (χ1n) is 10.3. The van der Waals surface area contributed by atoms with E-state index in [1.54, 1.807) is 18.2 Å². The number of rotatable bonds is 4. The summed E-state index contributed by atoms with van der Waals surface area (Å²) < 4.78 is 63.5. The van der Waals surface area contributed by atoms with Crippen LogP contribution in [-0.2, 0) is 5.60 Å². The summed E-state index contributed by atoms with van der Waals surface area (Å²) >= 11 is 0. The number of halogens is 4. The van der Waals surface area contributed by atoms with Crippen molar-refractivity contribution in [2.75, 3.05) is 7.11 Å². The van der Waals surface area contributed by atoms with E-state index in [2.05, 4.69) is 5.10 Å². The second kappa shape index (κ2) is 7.85. The third kappa shape index (κ3) is 3.38. The van der Waals surface area contributed by atoms with Crippen LogP contribution in [0.2, 0.25) is 0 Å². The lowest BCUT2D eigenvalue weighted by Gasteiger charge is -2.32. The Hall–Kier alpha value is -3.91. The number of hydrogen-bond acceptors (Lipinski definition) is 3.